The molecule has 2 N–H and O–H groups in total. The molecule has 0 saturated heterocycles. The summed E-state index contributed by atoms with van der Waals surface area (Å²) in [6.45, 7) is 1.56. The first-order valence-corrected chi connectivity index (χ1v) is 6.82. The molecule has 2 rings (SSSR count). The molecule has 5 heteroatoms. The van der Waals surface area contributed by atoms with Gasteiger partial charge in [0.1, 0.15) is 12.4 Å². The molecule has 0 amide bonds. The zero-order chi connectivity index (χ0) is 15.4. The van der Waals surface area contributed by atoms with E-state index in [4.69, 9.17) is 22.1 Å². The van der Waals surface area contributed by atoms with Gasteiger partial charge in [-0.1, -0.05) is 35.9 Å². The van der Waals surface area contributed by atoms with Gasteiger partial charge >= 0.3 is 5.97 Å². The maximum absolute atomic E-state index is 13.7. The first kappa shape index (κ1) is 15.3. The zero-order valence-electron chi connectivity index (χ0n) is 11.5. The Morgan fingerprint density at radius 3 is 2.76 bits per heavy atom. The van der Waals surface area contributed by atoms with E-state index < -0.39 is 17.7 Å². The molecule has 110 valence electrons. The fraction of sp³-hybridized carbons (Fsp3) is 0.188. The Labute approximate surface area is 127 Å². The normalized spacial score (nSPS) is 12.0. The van der Waals surface area contributed by atoms with Crippen LogP contribution in [0.25, 0.3) is 0 Å². The third-order valence-electron chi connectivity index (χ3n) is 3.17. The lowest BCUT2D eigenvalue weighted by Crippen LogP contribution is -2.13. The highest BCUT2D eigenvalue weighted by molar-refractivity contribution is 6.30. The summed E-state index contributed by atoms with van der Waals surface area (Å²) in [5, 5.41) is 0.00688. The van der Waals surface area contributed by atoms with E-state index in [1.807, 2.05) is 0 Å². The summed E-state index contributed by atoms with van der Waals surface area (Å²) >= 11 is 5.68. The summed E-state index contributed by atoms with van der Waals surface area (Å²) < 4.78 is 18.8. The molecule has 21 heavy (non-hydrogen) atoms. The topological polar surface area (TPSA) is 52.3 Å². The van der Waals surface area contributed by atoms with Crippen molar-refractivity contribution in [2.75, 3.05) is 5.73 Å². The van der Waals surface area contributed by atoms with Crippen LogP contribution in [-0.2, 0) is 16.1 Å². The van der Waals surface area contributed by atoms with Crippen LogP contribution in [0.15, 0.2) is 42.5 Å². The standard InChI is InChI=1S/C16H15ClFNO2/c1-10(11-4-2-6-13(19)8-11)16(20)21-9-12-5-3-7-14(17)15(12)18/h2-8,10H,9,19H2,1H3. The molecule has 1 atom stereocenters. The van der Waals surface area contributed by atoms with Crippen LogP contribution in [0.4, 0.5) is 10.1 Å². The van der Waals surface area contributed by atoms with Crippen molar-refractivity contribution < 1.29 is 13.9 Å². The Hall–Kier alpha value is -2.07. The summed E-state index contributed by atoms with van der Waals surface area (Å²) in [5.41, 5.74) is 7.26. The van der Waals surface area contributed by atoms with Crippen LogP contribution in [0.3, 0.4) is 0 Å². The Kier molecular flexibility index (Phi) is 4.81. The summed E-state index contributed by atoms with van der Waals surface area (Å²) in [4.78, 5) is 12.0. The van der Waals surface area contributed by atoms with Crippen molar-refractivity contribution in [1.29, 1.82) is 0 Å². The highest BCUT2D eigenvalue weighted by atomic mass is 35.5. The van der Waals surface area contributed by atoms with Gasteiger partial charge in [-0.25, -0.2) is 4.39 Å². The van der Waals surface area contributed by atoms with Crippen molar-refractivity contribution >= 4 is 23.3 Å². The molecule has 0 saturated carbocycles. The molecular weight excluding hydrogens is 293 g/mol. The van der Waals surface area contributed by atoms with Gasteiger partial charge in [-0.05, 0) is 30.7 Å². The van der Waals surface area contributed by atoms with Crippen molar-refractivity contribution in [2.45, 2.75) is 19.4 Å². The third-order valence-corrected chi connectivity index (χ3v) is 3.46. The van der Waals surface area contributed by atoms with Gasteiger partial charge < -0.3 is 10.5 Å². The molecule has 0 aromatic heterocycles. The Morgan fingerprint density at radius 1 is 1.33 bits per heavy atom. The van der Waals surface area contributed by atoms with E-state index in [1.165, 1.54) is 12.1 Å². The Balaban J connectivity index is 2.03. The highest BCUT2D eigenvalue weighted by Gasteiger charge is 2.18. The van der Waals surface area contributed by atoms with E-state index in [-0.39, 0.29) is 17.2 Å². The fourth-order valence-electron chi connectivity index (χ4n) is 1.90. The summed E-state index contributed by atoms with van der Waals surface area (Å²) in [5.74, 6) is -1.49. The quantitative estimate of drug-likeness (QED) is 0.688. The summed E-state index contributed by atoms with van der Waals surface area (Å²) in [6.07, 6.45) is 0. The maximum Gasteiger partial charge on any atom is 0.313 e. The molecule has 0 fully saturated rings. The highest BCUT2D eigenvalue weighted by Crippen LogP contribution is 2.22. The molecule has 2 aromatic rings. The number of hydrogen-bond acceptors (Lipinski definition) is 3. The van der Waals surface area contributed by atoms with Crippen LogP contribution in [0.2, 0.25) is 5.02 Å². The molecular formula is C16H15ClFNO2. The molecule has 0 spiro atoms. The van der Waals surface area contributed by atoms with Gasteiger partial charge in [0.05, 0.1) is 10.9 Å². The zero-order valence-corrected chi connectivity index (χ0v) is 12.2. The van der Waals surface area contributed by atoms with Crippen molar-refractivity contribution in [3.63, 3.8) is 0 Å². The smallest absolute Gasteiger partial charge is 0.313 e. The van der Waals surface area contributed by atoms with E-state index in [0.29, 0.717) is 5.69 Å². The SMILES string of the molecule is CC(C(=O)OCc1cccc(Cl)c1F)c1cccc(N)c1. The van der Waals surface area contributed by atoms with Crippen molar-refractivity contribution in [3.05, 3.63) is 64.4 Å². The Bertz CT molecular complexity index is 660. The van der Waals surface area contributed by atoms with Gasteiger partial charge in [0.15, 0.2) is 0 Å². The van der Waals surface area contributed by atoms with E-state index >= 15 is 0 Å². The number of nitrogen functional groups attached to an aromatic ring is 1. The van der Waals surface area contributed by atoms with Crippen molar-refractivity contribution in [2.24, 2.45) is 0 Å². The number of benzene rings is 2. The second kappa shape index (κ2) is 6.59. The molecule has 0 radical (unpaired) electrons. The van der Waals surface area contributed by atoms with Crippen LogP contribution >= 0.6 is 11.6 Å². The molecule has 0 aliphatic carbocycles. The minimum Gasteiger partial charge on any atom is -0.460 e. The minimum atomic E-state index is -0.566. The predicted molar refractivity (Wildman–Crippen MR) is 80.5 cm³/mol. The van der Waals surface area contributed by atoms with Crippen molar-refractivity contribution in [3.8, 4) is 0 Å². The number of halogens is 2. The number of hydrogen-bond donors (Lipinski definition) is 1. The maximum atomic E-state index is 13.7. The molecule has 0 aliphatic heterocycles. The van der Waals surface area contributed by atoms with Gasteiger partial charge in [-0.3, -0.25) is 4.79 Å². The van der Waals surface area contributed by atoms with Crippen LogP contribution in [0.5, 0.6) is 0 Å². The van der Waals surface area contributed by atoms with E-state index in [2.05, 4.69) is 0 Å². The number of anilines is 1. The number of nitrogens with two attached hydrogens (primary N) is 1. The van der Waals surface area contributed by atoms with Gasteiger partial charge in [0.25, 0.3) is 0 Å². The molecule has 0 heterocycles. The average Bonchev–Trinajstić information content (AvgIpc) is 2.47. The average molecular weight is 308 g/mol. The van der Waals surface area contributed by atoms with E-state index in [1.54, 1.807) is 37.3 Å². The third kappa shape index (κ3) is 3.73. The molecule has 0 bridgehead atoms. The van der Waals surface area contributed by atoms with Crippen LogP contribution in [0, 0.1) is 5.82 Å². The molecule has 1 unspecified atom stereocenters. The second-order valence-corrected chi connectivity index (χ2v) is 5.12. The van der Waals surface area contributed by atoms with Crippen LogP contribution in [0.1, 0.15) is 24.0 Å². The summed E-state index contributed by atoms with van der Waals surface area (Å²) in [6, 6.07) is 11.6. The number of carbonyl (C=O) groups excluding carboxylic acids is 1. The Morgan fingerprint density at radius 2 is 2.05 bits per heavy atom. The lowest BCUT2D eigenvalue weighted by atomic mass is 10.0. The number of esters is 1. The van der Waals surface area contributed by atoms with Gasteiger partial charge in [0, 0.05) is 11.3 Å². The second-order valence-electron chi connectivity index (χ2n) is 4.71. The van der Waals surface area contributed by atoms with Crippen LogP contribution in [-0.4, -0.2) is 5.97 Å². The van der Waals surface area contributed by atoms with Crippen molar-refractivity contribution in [1.82, 2.24) is 0 Å². The number of ether oxygens (including phenoxy) is 1. The van der Waals surface area contributed by atoms with Gasteiger partial charge in [-0.2, -0.15) is 0 Å². The van der Waals surface area contributed by atoms with Crippen LogP contribution < -0.4 is 5.73 Å². The summed E-state index contributed by atoms with van der Waals surface area (Å²) in [7, 11) is 0. The largest absolute Gasteiger partial charge is 0.460 e. The first-order valence-electron chi connectivity index (χ1n) is 6.44. The van der Waals surface area contributed by atoms with E-state index in [0.717, 1.165) is 5.56 Å². The number of rotatable bonds is 4. The predicted octanol–water partition coefficient (Wildman–Crippen LogP) is 3.91. The van der Waals surface area contributed by atoms with E-state index in [9.17, 15) is 9.18 Å². The number of carbonyl (C=O) groups is 1. The van der Waals surface area contributed by atoms with Gasteiger partial charge in [-0.15, -0.1) is 0 Å². The molecule has 0 aliphatic rings. The lowest BCUT2D eigenvalue weighted by molar-refractivity contribution is -0.146. The molecule has 2 aromatic carbocycles. The monoisotopic (exact) mass is 307 g/mol. The van der Waals surface area contributed by atoms with Gasteiger partial charge in [0.2, 0.25) is 0 Å². The lowest BCUT2D eigenvalue weighted by Gasteiger charge is -2.13. The fourth-order valence-corrected chi connectivity index (χ4v) is 2.09. The first-order chi connectivity index (χ1) is 9.99. The minimum absolute atomic E-state index is 0.00688. The molecule has 3 nitrogen and oxygen atoms in total.